The Bertz CT molecular complexity index is 960. The van der Waals surface area contributed by atoms with Crippen molar-refractivity contribution < 1.29 is 28.5 Å². The zero-order valence-corrected chi connectivity index (χ0v) is 16.7. The molecule has 0 aromatic heterocycles. The summed E-state index contributed by atoms with van der Waals surface area (Å²) in [7, 11) is 1.59. The van der Waals surface area contributed by atoms with Crippen LogP contribution in [0.1, 0.15) is 31.2 Å². The molecule has 156 valence electrons. The lowest BCUT2D eigenvalue weighted by Crippen LogP contribution is -2.34. The second kappa shape index (κ2) is 8.49. The summed E-state index contributed by atoms with van der Waals surface area (Å²) in [6, 6.07) is 12.4. The highest BCUT2D eigenvalue weighted by atomic mass is 16.7. The van der Waals surface area contributed by atoms with E-state index in [1.807, 2.05) is 12.1 Å². The molecular weight excluding hydrogens is 386 g/mol. The average molecular weight is 409 g/mol. The van der Waals surface area contributed by atoms with Gasteiger partial charge in [-0.25, -0.2) is 4.79 Å². The standard InChI is InChI=1S/C23H23NO6/c1-27-18-8-4-16(5-9-18)6-11-22(26)28-15-21(25)24-17-7-10-19-20(14-17)30-23(29-19)12-2-3-13-23/h4-11,14H,2-3,12-13,15H2,1H3,(H,24,25)/b11-6+. The molecule has 1 heterocycles. The van der Waals surface area contributed by atoms with Gasteiger partial charge in [-0.15, -0.1) is 0 Å². The van der Waals surface area contributed by atoms with Crippen LogP contribution in [-0.2, 0) is 14.3 Å². The fraction of sp³-hybridized carbons (Fsp3) is 0.304. The van der Waals surface area contributed by atoms with E-state index in [1.54, 1.807) is 43.5 Å². The number of benzene rings is 2. The number of esters is 1. The Morgan fingerprint density at radius 3 is 2.53 bits per heavy atom. The number of carbonyl (C=O) groups excluding carboxylic acids is 2. The molecule has 2 aromatic rings. The van der Waals surface area contributed by atoms with Crippen LogP contribution < -0.4 is 19.5 Å². The highest BCUT2D eigenvalue weighted by Crippen LogP contribution is 2.47. The van der Waals surface area contributed by atoms with Gasteiger partial charge in [0, 0.05) is 30.7 Å². The van der Waals surface area contributed by atoms with Crippen LogP contribution in [0.4, 0.5) is 5.69 Å². The normalized spacial score (nSPS) is 16.0. The minimum absolute atomic E-state index is 0.385. The minimum Gasteiger partial charge on any atom is -0.497 e. The Hall–Kier alpha value is -3.48. The van der Waals surface area contributed by atoms with Crippen molar-refractivity contribution in [3.63, 3.8) is 0 Å². The lowest BCUT2D eigenvalue weighted by Gasteiger charge is -2.21. The van der Waals surface area contributed by atoms with Crippen LogP contribution in [0.5, 0.6) is 17.2 Å². The van der Waals surface area contributed by atoms with Crippen LogP contribution in [0.25, 0.3) is 6.08 Å². The maximum absolute atomic E-state index is 12.1. The first kappa shape index (κ1) is 19.8. The number of amides is 1. The van der Waals surface area contributed by atoms with Crippen molar-refractivity contribution in [2.45, 2.75) is 31.5 Å². The smallest absolute Gasteiger partial charge is 0.331 e. The van der Waals surface area contributed by atoms with Crippen LogP contribution in [0.15, 0.2) is 48.5 Å². The maximum Gasteiger partial charge on any atom is 0.331 e. The Balaban J connectivity index is 1.26. The third-order valence-electron chi connectivity index (χ3n) is 5.06. The number of hydrogen-bond acceptors (Lipinski definition) is 6. The zero-order valence-electron chi connectivity index (χ0n) is 16.7. The summed E-state index contributed by atoms with van der Waals surface area (Å²) in [4.78, 5) is 24.0. The van der Waals surface area contributed by atoms with Gasteiger partial charge in [0.05, 0.1) is 7.11 Å². The number of hydrogen-bond donors (Lipinski definition) is 1. The molecule has 7 nitrogen and oxygen atoms in total. The van der Waals surface area contributed by atoms with Crippen LogP contribution in [0.2, 0.25) is 0 Å². The van der Waals surface area contributed by atoms with Gasteiger partial charge in [-0.1, -0.05) is 12.1 Å². The van der Waals surface area contributed by atoms with Crippen molar-refractivity contribution in [3.8, 4) is 17.2 Å². The zero-order chi connectivity index (χ0) is 21.0. The number of rotatable bonds is 6. The summed E-state index contributed by atoms with van der Waals surface area (Å²) >= 11 is 0. The first-order chi connectivity index (χ1) is 14.5. The van der Waals surface area contributed by atoms with Crippen molar-refractivity contribution in [1.82, 2.24) is 0 Å². The van der Waals surface area contributed by atoms with E-state index >= 15 is 0 Å². The second-order valence-corrected chi connectivity index (χ2v) is 7.25. The molecule has 7 heteroatoms. The third-order valence-corrected chi connectivity index (χ3v) is 5.06. The summed E-state index contributed by atoms with van der Waals surface area (Å²) in [6.07, 6.45) is 6.77. The molecule has 2 aromatic carbocycles. The van der Waals surface area contributed by atoms with Gasteiger partial charge >= 0.3 is 5.97 Å². The lowest BCUT2D eigenvalue weighted by atomic mass is 10.2. The summed E-state index contributed by atoms with van der Waals surface area (Å²) in [6.45, 7) is -0.385. The molecule has 0 atom stereocenters. The van der Waals surface area contributed by atoms with E-state index in [4.69, 9.17) is 18.9 Å². The summed E-state index contributed by atoms with van der Waals surface area (Å²) in [5, 5.41) is 2.70. The number of methoxy groups -OCH3 is 1. The molecule has 0 saturated heterocycles. The second-order valence-electron chi connectivity index (χ2n) is 7.25. The molecular formula is C23H23NO6. The Kier molecular flexibility index (Phi) is 5.61. The van der Waals surface area contributed by atoms with Crippen molar-refractivity contribution >= 4 is 23.6 Å². The van der Waals surface area contributed by atoms with Crippen molar-refractivity contribution in [2.24, 2.45) is 0 Å². The van der Waals surface area contributed by atoms with Crippen molar-refractivity contribution in [2.75, 3.05) is 19.0 Å². The monoisotopic (exact) mass is 409 g/mol. The minimum atomic E-state index is -0.602. The van der Waals surface area contributed by atoms with Gasteiger partial charge in [0.2, 0.25) is 0 Å². The SMILES string of the molecule is COc1ccc(/C=C/C(=O)OCC(=O)Nc2ccc3c(c2)OC2(CCCC2)O3)cc1. The van der Waals surface area contributed by atoms with Crippen molar-refractivity contribution in [3.05, 3.63) is 54.1 Å². The number of carbonyl (C=O) groups is 2. The van der Waals surface area contributed by atoms with E-state index in [1.165, 1.54) is 6.08 Å². The molecule has 30 heavy (non-hydrogen) atoms. The molecule has 1 aliphatic heterocycles. The summed E-state index contributed by atoms with van der Waals surface area (Å²) in [5.74, 6) is 0.453. The first-order valence-corrected chi connectivity index (χ1v) is 9.86. The van der Waals surface area contributed by atoms with E-state index in [2.05, 4.69) is 5.32 Å². The molecule has 4 rings (SSSR count). The van der Waals surface area contributed by atoms with E-state index in [0.717, 1.165) is 37.0 Å². The van der Waals surface area contributed by atoms with Crippen LogP contribution in [0.3, 0.4) is 0 Å². The highest BCUT2D eigenvalue weighted by molar-refractivity contribution is 5.94. The van der Waals surface area contributed by atoms with E-state index in [0.29, 0.717) is 17.2 Å². The summed E-state index contributed by atoms with van der Waals surface area (Å²) < 4.78 is 22.0. The third kappa shape index (κ3) is 4.56. The maximum atomic E-state index is 12.1. The Morgan fingerprint density at radius 2 is 1.80 bits per heavy atom. The molecule has 1 aliphatic carbocycles. The molecule has 1 N–H and O–H groups in total. The predicted molar refractivity (Wildman–Crippen MR) is 111 cm³/mol. The molecule has 1 fully saturated rings. The Morgan fingerprint density at radius 1 is 1.07 bits per heavy atom. The van der Waals surface area contributed by atoms with Gasteiger partial charge in [0.1, 0.15) is 5.75 Å². The van der Waals surface area contributed by atoms with Crippen molar-refractivity contribution in [1.29, 1.82) is 0 Å². The average Bonchev–Trinajstić information content (AvgIpc) is 3.36. The lowest BCUT2D eigenvalue weighted by molar-refractivity contribution is -0.142. The Labute approximate surface area is 174 Å². The largest absolute Gasteiger partial charge is 0.497 e. The predicted octanol–water partition coefficient (Wildman–Crippen LogP) is 3.93. The van der Waals surface area contributed by atoms with Gasteiger partial charge in [0.15, 0.2) is 18.1 Å². The molecule has 1 amide bonds. The quantitative estimate of drug-likeness (QED) is 0.575. The van der Waals surface area contributed by atoms with E-state index in [9.17, 15) is 9.59 Å². The van der Waals surface area contributed by atoms with E-state index in [-0.39, 0.29) is 6.61 Å². The topological polar surface area (TPSA) is 83.1 Å². The first-order valence-electron chi connectivity index (χ1n) is 9.86. The van der Waals surface area contributed by atoms with Gasteiger partial charge in [0.25, 0.3) is 11.7 Å². The van der Waals surface area contributed by atoms with E-state index < -0.39 is 17.7 Å². The summed E-state index contributed by atoms with van der Waals surface area (Å²) in [5.41, 5.74) is 1.37. The van der Waals surface area contributed by atoms with Gasteiger partial charge in [-0.3, -0.25) is 4.79 Å². The van der Waals surface area contributed by atoms with Crippen LogP contribution in [0, 0.1) is 0 Å². The molecule has 0 unspecified atom stereocenters. The van der Waals surface area contributed by atoms with Gasteiger partial charge in [-0.05, 0) is 48.7 Å². The van der Waals surface area contributed by atoms with Gasteiger partial charge in [-0.2, -0.15) is 0 Å². The fourth-order valence-corrected chi connectivity index (χ4v) is 3.55. The molecule has 2 aliphatic rings. The number of anilines is 1. The highest BCUT2D eigenvalue weighted by Gasteiger charge is 2.44. The molecule has 0 radical (unpaired) electrons. The number of ether oxygens (including phenoxy) is 4. The molecule has 1 saturated carbocycles. The van der Waals surface area contributed by atoms with Gasteiger partial charge < -0.3 is 24.3 Å². The van der Waals surface area contributed by atoms with Crippen LogP contribution >= 0.6 is 0 Å². The number of fused-ring (bicyclic) bond motifs is 1. The molecule has 0 bridgehead atoms. The fourth-order valence-electron chi connectivity index (χ4n) is 3.55. The number of nitrogens with one attached hydrogen (secondary N) is 1. The van der Waals surface area contributed by atoms with Crippen LogP contribution in [-0.4, -0.2) is 31.4 Å². The molecule has 1 spiro atoms.